The molecule has 0 heterocycles. The fourth-order valence-electron chi connectivity index (χ4n) is 1.66. The van der Waals surface area contributed by atoms with Gasteiger partial charge in [-0.05, 0) is 46.3 Å². The molecule has 0 saturated carbocycles. The zero-order valence-corrected chi connectivity index (χ0v) is 14.0. The van der Waals surface area contributed by atoms with Crippen molar-refractivity contribution in [2.45, 2.75) is 4.90 Å². The van der Waals surface area contributed by atoms with E-state index in [1.54, 1.807) is 36.4 Å². The van der Waals surface area contributed by atoms with Crippen molar-refractivity contribution < 1.29 is 9.00 Å². The van der Waals surface area contributed by atoms with Gasteiger partial charge in [-0.3, -0.25) is 9.00 Å². The lowest BCUT2D eigenvalue weighted by molar-refractivity contribution is -0.113. The van der Waals surface area contributed by atoms with E-state index < -0.39 is 10.8 Å². The first-order valence-corrected chi connectivity index (χ1v) is 8.44. The van der Waals surface area contributed by atoms with Gasteiger partial charge in [0.1, 0.15) is 5.75 Å². The fourth-order valence-corrected chi connectivity index (χ4v) is 3.65. The molecule has 0 aliphatic carbocycles. The van der Waals surface area contributed by atoms with Gasteiger partial charge in [0, 0.05) is 9.50 Å². The van der Waals surface area contributed by atoms with Crippen molar-refractivity contribution in [3.05, 3.63) is 52.0 Å². The number of amides is 1. The third-order valence-corrected chi connectivity index (χ3v) is 5.19. The molecular formula is C14H12BrClN2O2S. The number of halogens is 2. The van der Waals surface area contributed by atoms with Crippen LogP contribution < -0.4 is 11.1 Å². The Bertz CT molecular complexity index is 709. The summed E-state index contributed by atoms with van der Waals surface area (Å²) in [7, 11) is -1.44. The number of anilines is 2. The van der Waals surface area contributed by atoms with Crippen LogP contribution in [-0.4, -0.2) is 15.9 Å². The summed E-state index contributed by atoms with van der Waals surface area (Å²) in [5.41, 5.74) is 6.57. The minimum Gasteiger partial charge on any atom is -0.397 e. The maximum atomic E-state index is 12.2. The summed E-state index contributed by atoms with van der Waals surface area (Å²) < 4.78 is 12.9. The molecular weight excluding hydrogens is 376 g/mol. The number of carbonyl (C=O) groups excluding carboxylic acids is 1. The monoisotopic (exact) mass is 386 g/mol. The molecule has 2 aromatic carbocycles. The van der Waals surface area contributed by atoms with Gasteiger partial charge in [-0.15, -0.1) is 0 Å². The molecule has 1 atom stereocenters. The van der Waals surface area contributed by atoms with E-state index in [0.717, 1.165) is 0 Å². The standard InChI is InChI=1S/C14H12BrClN2O2S/c15-10-3-1-2-4-13(10)21(20)8-14(19)18-12-6-5-9(16)7-11(12)17/h1-7H,8,17H2,(H,18,19). The molecule has 1 amide bonds. The van der Waals surface area contributed by atoms with Crippen molar-refractivity contribution in [2.75, 3.05) is 16.8 Å². The van der Waals surface area contributed by atoms with Crippen LogP contribution in [0.5, 0.6) is 0 Å². The van der Waals surface area contributed by atoms with Crippen LogP contribution in [0, 0.1) is 0 Å². The second-order valence-electron chi connectivity index (χ2n) is 4.20. The third-order valence-electron chi connectivity index (χ3n) is 2.63. The van der Waals surface area contributed by atoms with Gasteiger partial charge in [-0.25, -0.2) is 0 Å². The Morgan fingerprint density at radius 3 is 2.67 bits per heavy atom. The molecule has 2 rings (SSSR count). The molecule has 0 fully saturated rings. The van der Waals surface area contributed by atoms with Crippen LogP contribution in [0.4, 0.5) is 11.4 Å². The summed E-state index contributed by atoms with van der Waals surface area (Å²) in [5, 5.41) is 3.11. The quantitative estimate of drug-likeness (QED) is 0.789. The molecule has 1 unspecified atom stereocenters. The minimum absolute atomic E-state index is 0.148. The van der Waals surface area contributed by atoms with E-state index in [-0.39, 0.29) is 11.7 Å². The van der Waals surface area contributed by atoms with Crippen molar-refractivity contribution in [1.29, 1.82) is 0 Å². The Morgan fingerprint density at radius 1 is 1.29 bits per heavy atom. The molecule has 0 aliphatic heterocycles. The largest absolute Gasteiger partial charge is 0.397 e. The van der Waals surface area contributed by atoms with Gasteiger partial charge in [0.2, 0.25) is 5.91 Å². The van der Waals surface area contributed by atoms with Crippen molar-refractivity contribution in [1.82, 2.24) is 0 Å². The van der Waals surface area contributed by atoms with E-state index in [1.807, 2.05) is 6.07 Å². The molecule has 0 aromatic heterocycles. The molecule has 0 radical (unpaired) electrons. The van der Waals surface area contributed by atoms with Crippen LogP contribution in [0.3, 0.4) is 0 Å². The molecule has 21 heavy (non-hydrogen) atoms. The minimum atomic E-state index is -1.44. The summed E-state index contributed by atoms with van der Waals surface area (Å²) in [5.74, 6) is -0.525. The van der Waals surface area contributed by atoms with Crippen molar-refractivity contribution in [3.8, 4) is 0 Å². The van der Waals surface area contributed by atoms with Gasteiger partial charge in [0.15, 0.2) is 0 Å². The van der Waals surface area contributed by atoms with E-state index in [0.29, 0.717) is 25.8 Å². The van der Waals surface area contributed by atoms with E-state index in [1.165, 1.54) is 0 Å². The SMILES string of the molecule is Nc1cc(Cl)ccc1NC(=O)CS(=O)c1ccccc1Br. The number of benzene rings is 2. The maximum absolute atomic E-state index is 12.2. The van der Waals surface area contributed by atoms with Crippen LogP contribution in [0.25, 0.3) is 0 Å². The number of nitrogens with one attached hydrogen (secondary N) is 1. The number of hydrogen-bond donors (Lipinski definition) is 2. The van der Waals surface area contributed by atoms with Gasteiger partial charge in [-0.1, -0.05) is 23.7 Å². The molecule has 0 spiro atoms. The van der Waals surface area contributed by atoms with Gasteiger partial charge < -0.3 is 11.1 Å². The number of nitrogens with two attached hydrogens (primary N) is 1. The highest BCUT2D eigenvalue weighted by molar-refractivity contribution is 9.10. The van der Waals surface area contributed by atoms with Crippen LogP contribution >= 0.6 is 27.5 Å². The number of carbonyl (C=O) groups is 1. The van der Waals surface area contributed by atoms with Gasteiger partial charge in [0.05, 0.1) is 27.1 Å². The first kappa shape index (κ1) is 16.0. The highest BCUT2D eigenvalue weighted by atomic mass is 79.9. The Kier molecular flexibility index (Phi) is 5.39. The van der Waals surface area contributed by atoms with E-state index in [4.69, 9.17) is 17.3 Å². The average Bonchev–Trinajstić information content (AvgIpc) is 2.42. The first-order valence-electron chi connectivity index (χ1n) is 5.95. The van der Waals surface area contributed by atoms with E-state index >= 15 is 0 Å². The summed E-state index contributed by atoms with van der Waals surface area (Å²) in [6.45, 7) is 0. The zero-order valence-electron chi connectivity index (χ0n) is 10.8. The van der Waals surface area contributed by atoms with Crippen LogP contribution in [0.1, 0.15) is 0 Å². The van der Waals surface area contributed by atoms with E-state index in [9.17, 15) is 9.00 Å². The predicted octanol–water partition coefficient (Wildman–Crippen LogP) is 3.43. The average molecular weight is 388 g/mol. The molecule has 2 aromatic rings. The smallest absolute Gasteiger partial charge is 0.237 e. The van der Waals surface area contributed by atoms with Crippen molar-refractivity contribution in [2.24, 2.45) is 0 Å². The first-order chi connectivity index (χ1) is 9.97. The zero-order chi connectivity index (χ0) is 15.4. The Labute approximate surface area is 138 Å². The second-order valence-corrected chi connectivity index (χ2v) is 6.91. The molecule has 110 valence electrons. The lowest BCUT2D eigenvalue weighted by atomic mass is 10.2. The highest BCUT2D eigenvalue weighted by Crippen LogP contribution is 2.23. The van der Waals surface area contributed by atoms with Gasteiger partial charge in [-0.2, -0.15) is 0 Å². The maximum Gasteiger partial charge on any atom is 0.237 e. The summed E-state index contributed by atoms with van der Waals surface area (Å²) in [4.78, 5) is 12.5. The van der Waals surface area contributed by atoms with Crippen molar-refractivity contribution >= 4 is 55.6 Å². The fraction of sp³-hybridized carbons (Fsp3) is 0.0714. The van der Waals surface area contributed by atoms with E-state index in [2.05, 4.69) is 21.2 Å². The summed E-state index contributed by atoms with van der Waals surface area (Å²) >= 11 is 9.10. The summed E-state index contributed by atoms with van der Waals surface area (Å²) in [6, 6.07) is 11.9. The molecule has 4 nitrogen and oxygen atoms in total. The second kappa shape index (κ2) is 7.06. The van der Waals surface area contributed by atoms with Gasteiger partial charge in [0.25, 0.3) is 0 Å². The van der Waals surface area contributed by atoms with Crippen LogP contribution in [0.2, 0.25) is 5.02 Å². The predicted molar refractivity (Wildman–Crippen MR) is 89.9 cm³/mol. The molecule has 0 saturated heterocycles. The third kappa shape index (κ3) is 4.30. The molecule has 3 N–H and O–H groups in total. The Morgan fingerprint density at radius 2 is 2.00 bits per heavy atom. The lowest BCUT2D eigenvalue weighted by Gasteiger charge is -2.09. The molecule has 0 aliphatic rings. The number of rotatable bonds is 4. The highest BCUT2D eigenvalue weighted by Gasteiger charge is 2.13. The van der Waals surface area contributed by atoms with Crippen molar-refractivity contribution in [3.63, 3.8) is 0 Å². The molecule has 7 heteroatoms. The van der Waals surface area contributed by atoms with Crippen LogP contribution in [-0.2, 0) is 15.6 Å². The Balaban J connectivity index is 2.05. The number of hydrogen-bond acceptors (Lipinski definition) is 3. The van der Waals surface area contributed by atoms with Gasteiger partial charge >= 0.3 is 0 Å². The summed E-state index contributed by atoms with van der Waals surface area (Å²) in [6.07, 6.45) is 0. The molecule has 0 bridgehead atoms. The Hall–Kier alpha value is -1.37. The lowest BCUT2D eigenvalue weighted by Crippen LogP contribution is -2.20. The topological polar surface area (TPSA) is 72.2 Å². The normalized spacial score (nSPS) is 11.9. The number of nitrogen functional groups attached to an aromatic ring is 1. The van der Waals surface area contributed by atoms with Crippen LogP contribution in [0.15, 0.2) is 51.8 Å².